The number of carbonyl (C=O) groups excluding carboxylic acids is 2. The Morgan fingerprint density at radius 1 is 0.900 bits per heavy atom. The van der Waals surface area contributed by atoms with Crippen LogP contribution in [0.15, 0.2) is 73.1 Å². The quantitative estimate of drug-likeness (QED) is 0.683. The number of piperazine rings is 1. The maximum Gasteiger partial charge on any atom is 0.257 e. The van der Waals surface area contributed by atoms with Crippen molar-refractivity contribution in [3.63, 3.8) is 0 Å². The highest BCUT2D eigenvalue weighted by molar-refractivity contribution is 5.94. The Labute approximate surface area is 175 Å². The average molecular weight is 403 g/mol. The second-order valence-electron chi connectivity index (χ2n) is 7.34. The molecule has 4 rings (SSSR count). The van der Waals surface area contributed by atoms with E-state index in [1.54, 1.807) is 17.1 Å². The first-order valence-corrected chi connectivity index (χ1v) is 10.1. The van der Waals surface area contributed by atoms with Crippen molar-refractivity contribution in [3.8, 4) is 5.69 Å². The lowest BCUT2D eigenvalue weighted by Crippen LogP contribution is -2.51. The van der Waals surface area contributed by atoms with Gasteiger partial charge in [-0.05, 0) is 17.7 Å². The van der Waals surface area contributed by atoms with Crippen LogP contribution in [-0.4, -0.2) is 64.1 Å². The highest BCUT2D eigenvalue weighted by atomic mass is 16.2. The third-order valence-electron chi connectivity index (χ3n) is 5.21. The van der Waals surface area contributed by atoms with E-state index in [0.717, 1.165) is 11.3 Å². The van der Waals surface area contributed by atoms with Crippen molar-refractivity contribution in [2.24, 2.45) is 0 Å². The van der Waals surface area contributed by atoms with Gasteiger partial charge < -0.3 is 10.2 Å². The molecule has 0 radical (unpaired) electrons. The molecule has 0 spiro atoms. The van der Waals surface area contributed by atoms with E-state index in [1.165, 1.54) is 0 Å². The summed E-state index contributed by atoms with van der Waals surface area (Å²) in [6.07, 6.45) is 3.37. The first-order valence-electron chi connectivity index (χ1n) is 10.1. The molecule has 30 heavy (non-hydrogen) atoms. The second kappa shape index (κ2) is 9.37. The number of carbonyl (C=O) groups is 2. The van der Waals surface area contributed by atoms with Gasteiger partial charge in [0.2, 0.25) is 5.91 Å². The largest absolute Gasteiger partial charge is 0.351 e. The lowest BCUT2D eigenvalue weighted by atomic mass is 10.2. The Morgan fingerprint density at radius 3 is 2.27 bits per heavy atom. The van der Waals surface area contributed by atoms with E-state index in [1.807, 2.05) is 65.6 Å². The third-order valence-corrected chi connectivity index (χ3v) is 5.21. The molecule has 2 heterocycles. The standard InChI is InChI=1S/C23H25N5O2/c29-22(24-15-19-7-3-1-4-8-19)18-26-11-13-27(14-12-26)23(30)20-16-25-28(17-20)21-9-5-2-6-10-21/h1-10,16-17H,11-15,18H2,(H,24,29). The van der Waals surface area contributed by atoms with E-state index < -0.39 is 0 Å². The van der Waals surface area contributed by atoms with Crippen LogP contribution in [-0.2, 0) is 11.3 Å². The fourth-order valence-corrected chi connectivity index (χ4v) is 3.50. The number of aromatic nitrogens is 2. The van der Waals surface area contributed by atoms with Gasteiger partial charge in [0.15, 0.2) is 0 Å². The maximum atomic E-state index is 12.8. The van der Waals surface area contributed by atoms with Gasteiger partial charge >= 0.3 is 0 Å². The van der Waals surface area contributed by atoms with Gasteiger partial charge in [0, 0.05) is 38.9 Å². The lowest BCUT2D eigenvalue weighted by molar-refractivity contribution is -0.122. The Balaban J connectivity index is 1.25. The number of nitrogens with zero attached hydrogens (tertiary/aromatic N) is 4. The molecule has 154 valence electrons. The predicted molar refractivity (Wildman–Crippen MR) is 114 cm³/mol. The summed E-state index contributed by atoms with van der Waals surface area (Å²) in [5.41, 5.74) is 2.58. The zero-order chi connectivity index (χ0) is 20.8. The minimum absolute atomic E-state index is 0.00256. The zero-order valence-electron chi connectivity index (χ0n) is 16.8. The topological polar surface area (TPSA) is 70.5 Å². The molecule has 1 aliphatic heterocycles. The van der Waals surface area contributed by atoms with Gasteiger partial charge in [0.25, 0.3) is 5.91 Å². The van der Waals surface area contributed by atoms with Crippen LogP contribution in [0.5, 0.6) is 0 Å². The average Bonchev–Trinajstić information content (AvgIpc) is 3.29. The van der Waals surface area contributed by atoms with Gasteiger partial charge in [-0.2, -0.15) is 5.10 Å². The number of rotatable bonds is 6. The van der Waals surface area contributed by atoms with Gasteiger partial charge in [-0.25, -0.2) is 4.68 Å². The van der Waals surface area contributed by atoms with E-state index in [2.05, 4.69) is 15.3 Å². The van der Waals surface area contributed by atoms with Crippen molar-refractivity contribution in [2.45, 2.75) is 6.54 Å². The number of benzene rings is 2. The summed E-state index contributed by atoms with van der Waals surface area (Å²) < 4.78 is 1.71. The normalized spacial score (nSPS) is 14.5. The molecule has 1 aliphatic rings. The predicted octanol–water partition coefficient (Wildman–Crippen LogP) is 1.95. The van der Waals surface area contributed by atoms with Crippen LogP contribution in [0.3, 0.4) is 0 Å². The van der Waals surface area contributed by atoms with Gasteiger partial charge in [-0.1, -0.05) is 48.5 Å². The fraction of sp³-hybridized carbons (Fsp3) is 0.261. The van der Waals surface area contributed by atoms with Gasteiger partial charge in [-0.3, -0.25) is 14.5 Å². The molecule has 7 heteroatoms. The first kappa shape index (κ1) is 19.8. The van der Waals surface area contributed by atoms with Crippen LogP contribution < -0.4 is 5.32 Å². The van der Waals surface area contributed by atoms with Gasteiger partial charge in [0.1, 0.15) is 0 Å². The van der Waals surface area contributed by atoms with Crippen molar-refractivity contribution in [1.29, 1.82) is 0 Å². The SMILES string of the molecule is O=C(CN1CCN(C(=O)c2cnn(-c3ccccc3)c2)CC1)NCc1ccccc1. The van der Waals surface area contributed by atoms with Crippen molar-refractivity contribution >= 4 is 11.8 Å². The smallest absolute Gasteiger partial charge is 0.257 e. The number of nitrogens with one attached hydrogen (secondary N) is 1. The summed E-state index contributed by atoms with van der Waals surface area (Å²) in [5.74, 6) is -0.0203. The number of hydrogen-bond acceptors (Lipinski definition) is 4. The maximum absolute atomic E-state index is 12.8. The van der Waals surface area contributed by atoms with Crippen LogP contribution in [0.2, 0.25) is 0 Å². The van der Waals surface area contributed by atoms with Crippen molar-refractivity contribution in [2.75, 3.05) is 32.7 Å². The molecule has 7 nitrogen and oxygen atoms in total. The molecule has 3 aromatic rings. The minimum Gasteiger partial charge on any atom is -0.351 e. The fourth-order valence-electron chi connectivity index (χ4n) is 3.50. The molecule has 0 saturated carbocycles. The first-order chi connectivity index (χ1) is 14.7. The van der Waals surface area contributed by atoms with Crippen LogP contribution in [0.25, 0.3) is 5.69 Å². The Kier molecular flexibility index (Phi) is 6.20. The second-order valence-corrected chi connectivity index (χ2v) is 7.34. The van der Waals surface area contributed by atoms with Gasteiger partial charge in [-0.15, -0.1) is 0 Å². The van der Waals surface area contributed by atoms with Crippen molar-refractivity contribution in [1.82, 2.24) is 24.9 Å². The molecular weight excluding hydrogens is 378 g/mol. The molecule has 0 bridgehead atoms. The molecule has 1 saturated heterocycles. The minimum atomic E-state index is -0.0228. The molecule has 1 aromatic heterocycles. The molecule has 0 unspecified atom stereocenters. The summed E-state index contributed by atoms with van der Waals surface area (Å²) in [6, 6.07) is 19.6. The van der Waals surface area contributed by atoms with E-state index in [-0.39, 0.29) is 11.8 Å². The molecule has 2 amide bonds. The van der Waals surface area contributed by atoms with Crippen LogP contribution in [0, 0.1) is 0 Å². The van der Waals surface area contributed by atoms with E-state index >= 15 is 0 Å². The van der Waals surface area contributed by atoms with Crippen molar-refractivity contribution < 1.29 is 9.59 Å². The summed E-state index contributed by atoms with van der Waals surface area (Å²) >= 11 is 0. The summed E-state index contributed by atoms with van der Waals surface area (Å²) in [7, 11) is 0. The van der Waals surface area contributed by atoms with Crippen LogP contribution in [0.1, 0.15) is 15.9 Å². The molecular formula is C23H25N5O2. The molecule has 0 atom stereocenters. The van der Waals surface area contributed by atoms with Crippen LogP contribution >= 0.6 is 0 Å². The van der Waals surface area contributed by atoms with Gasteiger partial charge in [0.05, 0.1) is 24.0 Å². The third kappa shape index (κ3) is 4.93. The molecule has 1 N–H and O–H groups in total. The number of amides is 2. The van der Waals surface area contributed by atoms with Crippen molar-refractivity contribution in [3.05, 3.63) is 84.2 Å². The van der Waals surface area contributed by atoms with E-state index in [0.29, 0.717) is 44.8 Å². The highest BCUT2D eigenvalue weighted by Gasteiger charge is 2.24. The summed E-state index contributed by atoms with van der Waals surface area (Å²) in [6.45, 7) is 3.43. The highest BCUT2D eigenvalue weighted by Crippen LogP contribution is 2.12. The Hall–Kier alpha value is -3.45. The number of para-hydroxylation sites is 1. The Morgan fingerprint density at radius 2 is 1.57 bits per heavy atom. The molecule has 0 aliphatic carbocycles. The monoisotopic (exact) mass is 403 g/mol. The molecule has 1 fully saturated rings. The lowest BCUT2D eigenvalue weighted by Gasteiger charge is -2.34. The molecule has 2 aromatic carbocycles. The Bertz CT molecular complexity index is 979. The summed E-state index contributed by atoms with van der Waals surface area (Å²) in [4.78, 5) is 28.9. The van der Waals surface area contributed by atoms with E-state index in [4.69, 9.17) is 0 Å². The van der Waals surface area contributed by atoms with E-state index in [9.17, 15) is 9.59 Å². The zero-order valence-corrected chi connectivity index (χ0v) is 16.8. The summed E-state index contributed by atoms with van der Waals surface area (Å²) in [5, 5.41) is 7.26. The number of hydrogen-bond donors (Lipinski definition) is 1. The van der Waals surface area contributed by atoms with Crippen LogP contribution in [0.4, 0.5) is 0 Å².